The molecule has 0 aliphatic carbocycles. The predicted octanol–water partition coefficient (Wildman–Crippen LogP) is 5.40. The highest BCUT2D eigenvalue weighted by molar-refractivity contribution is 8.00. The van der Waals surface area contributed by atoms with Gasteiger partial charge in [0.2, 0.25) is 0 Å². The lowest BCUT2D eigenvalue weighted by Gasteiger charge is -2.18. The van der Waals surface area contributed by atoms with Crippen molar-refractivity contribution in [1.29, 1.82) is 0 Å². The summed E-state index contributed by atoms with van der Waals surface area (Å²) in [4.78, 5) is 4.58. The lowest BCUT2D eigenvalue weighted by Crippen LogP contribution is -2.18. The second-order valence-corrected chi connectivity index (χ2v) is 6.87. The van der Waals surface area contributed by atoms with Gasteiger partial charge >= 0.3 is 0 Å². The molecular weight excluding hydrogens is 272 g/mol. The van der Waals surface area contributed by atoms with Crippen LogP contribution in [0, 0.1) is 0 Å². The number of thioether (sulfide) groups is 1. The topological polar surface area (TPSA) is 24.9 Å². The van der Waals surface area contributed by atoms with E-state index in [-0.39, 0.29) is 0 Å². The van der Waals surface area contributed by atoms with Gasteiger partial charge in [0, 0.05) is 11.7 Å². The highest BCUT2D eigenvalue weighted by Gasteiger charge is 2.08. The summed E-state index contributed by atoms with van der Waals surface area (Å²) in [7, 11) is 0. The van der Waals surface area contributed by atoms with Crippen LogP contribution in [0.1, 0.15) is 39.5 Å². The molecule has 4 heteroatoms. The lowest BCUT2D eigenvalue weighted by molar-refractivity contribution is 0.586. The molecule has 0 saturated carbocycles. The van der Waals surface area contributed by atoms with E-state index in [4.69, 9.17) is 0 Å². The largest absolute Gasteiger partial charge is 0.382 e. The van der Waals surface area contributed by atoms with Gasteiger partial charge in [-0.05, 0) is 37.3 Å². The summed E-state index contributed by atoms with van der Waals surface area (Å²) in [6.45, 7) is 4.50. The van der Waals surface area contributed by atoms with Crippen LogP contribution in [0.15, 0.2) is 22.5 Å². The number of nitrogens with one attached hydrogen (secondary N) is 1. The van der Waals surface area contributed by atoms with E-state index in [1.54, 1.807) is 23.1 Å². The van der Waals surface area contributed by atoms with Crippen molar-refractivity contribution >= 4 is 39.0 Å². The van der Waals surface area contributed by atoms with Crippen LogP contribution >= 0.6 is 23.1 Å². The van der Waals surface area contributed by atoms with Gasteiger partial charge in [-0.3, -0.25) is 0 Å². The van der Waals surface area contributed by atoms with Crippen LogP contribution in [0.25, 0.3) is 10.2 Å². The van der Waals surface area contributed by atoms with Crippen LogP contribution < -0.4 is 5.32 Å². The lowest BCUT2D eigenvalue weighted by atomic mass is 10.1. The van der Waals surface area contributed by atoms with Gasteiger partial charge in [0.25, 0.3) is 0 Å². The number of fused-ring (bicyclic) bond motifs is 1. The number of aromatic nitrogens is 1. The highest BCUT2D eigenvalue weighted by Crippen LogP contribution is 2.30. The van der Waals surface area contributed by atoms with Crippen LogP contribution in [0.5, 0.6) is 0 Å². The van der Waals surface area contributed by atoms with Gasteiger partial charge in [-0.25, -0.2) is 4.98 Å². The molecule has 19 heavy (non-hydrogen) atoms. The molecule has 0 radical (unpaired) electrons. The zero-order valence-corrected chi connectivity index (χ0v) is 13.5. The van der Waals surface area contributed by atoms with Crippen LogP contribution in [0.2, 0.25) is 0 Å². The third-order valence-corrected chi connectivity index (χ3v) is 5.19. The molecule has 0 unspecified atom stereocenters. The van der Waals surface area contributed by atoms with Crippen molar-refractivity contribution in [2.24, 2.45) is 0 Å². The van der Waals surface area contributed by atoms with E-state index in [2.05, 4.69) is 48.6 Å². The fourth-order valence-electron chi connectivity index (χ4n) is 2.30. The summed E-state index contributed by atoms with van der Waals surface area (Å²) >= 11 is 3.49. The van der Waals surface area contributed by atoms with E-state index in [0.29, 0.717) is 6.04 Å². The van der Waals surface area contributed by atoms with E-state index in [1.807, 2.05) is 0 Å². The molecule has 104 valence electrons. The quantitative estimate of drug-likeness (QED) is 0.692. The van der Waals surface area contributed by atoms with Crippen molar-refractivity contribution in [1.82, 2.24) is 4.98 Å². The van der Waals surface area contributed by atoms with E-state index >= 15 is 0 Å². The fourth-order valence-corrected chi connectivity index (χ4v) is 3.83. The first-order valence-corrected chi connectivity index (χ1v) is 9.02. The maximum Gasteiger partial charge on any atom is 0.150 e. The molecule has 0 aliphatic heterocycles. The average Bonchev–Trinajstić information content (AvgIpc) is 2.81. The zero-order chi connectivity index (χ0) is 13.7. The van der Waals surface area contributed by atoms with Crippen molar-refractivity contribution in [3.05, 3.63) is 18.2 Å². The third kappa shape index (κ3) is 3.86. The molecule has 0 amide bonds. The minimum atomic E-state index is 0.598. The normalized spacial score (nSPS) is 11.4. The number of hydrogen-bond acceptors (Lipinski definition) is 4. The summed E-state index contributed by atoms with van der Waals surface area (Å²) in [5, 5.41) is 3.67. The molecule has 0 bridgehead atoms. The molecule has 0 atom stereocenters. The van der Waals surface area contributed by atoms with Gasteiger partial charge in [-0.15, -0.1) is 11.3 Å². The van der Waals surface area contributed by atoms with E-state index in [9.17, 15) is 0 Å². The zero-order valence-electron chi connectivity index (χ0n) is 11.9. The number of thiazole rings is 1. The number of benzene rings is 1. The Bertz CT molecular complexity index is 516. The molecule has 0 fully saturated rings. The van der Waals surface area contributed by atoms with Crippen molar-refractivity contribution in [2.75, 3.05) is 11.6 Å². The van der Waals surface area contributed by atoms with Gasteiger partial charge in [0.05, 0.1) is 10.2 Å². The Balaban J connectivity index is 2.15. The smallest absolute Gasteiger partial charge is 0.150 e. The Morgan fingerprint density at radius 3 is 2.63 bits per heavy atom. The van der Waals surface area contributed by atoms with Gasteiger partial charge in [0.1, 0.15) is 0 Å². The number of hydrogen-bond donors (Lipinski definition) is 1. The van der Waals surface area contributed by atoms with Crippen molar-refractivity contribution in [3.63, 3.8) is 0 Å². The summed E-state index contributed by atoms with van der Waals surface area (Å²) in [6, 6.07) is 7.12. The first-order valence-electron chi connectivity index (χ1n) is 6.98. The molecule has 0 aliphatic rings. The Morgan fingerprint density at radius 2 is 2.00 bits per heavy atom. The second-order valence-electron chi connectivity index (χ2n) is 4.79. The number of rotatable bonds is 7. The Morgan fingerprint density at radius 1 is 1.26 bits per heavy atom. The summed E-state index contributed by atoms with van der Waals surface area (Å²) in [5.74, 6) is 0. The SMILES string of the molecule is CCCC(CCC)Nc1ccc2nc(SC)sc2c1. The van der Waals surface area contributed by atoms with Gasteiger partial charge in [-0.1, -0.05) is 38.5 Å². The van der Waals surface area contributed by atoms with Crippen molar-refractivity contribution in [3.8, 4) is 0 Å². The summed E-state index contributed by atoms with van der Waals surface area (Å²) < 4.78 is 2.42. The van der Waals surface area contributed by atoms with Crippen LogP contribution in [-0.2, 0) is 0 Å². The molecule has 0 saturated heterocycles. The molecule has 0 spiro atoms. The third-order valence-electron chi connectivity index (χ3n) is 3.19. The molecule has 1 aromatic carbocycles. The number of nitrogens with zero attached hydrogens (tertiary/aromatic N) is 1. The van der Waals surface area contributed by atoms with Gasteiger partial charge in [0.15, 0.2) is 4.34 Å². The molecule has 2 rings (SSSR count). The average molecular weight is 294 g/mol. The first kappa shape index (κ1) is 14.7. The second kappa shape index (κ2) is 7.15. The highest BCUT2D eigenvalue weighted by atomic mass is 32.2. The number of anilines is 1. The Kier molecular flexibility index (Phi) is 5.52. The monoisotopic (exact) mass is 294 g/mol. The fraction of sp³-hybridized carbons (Fsp3) is 0.533. The van der Waals surface area contributed by atoms with E-state index in [0.717, 1.165) is 9.86 Å². The molecular formula is C15H22N2S2. The minimum absolute atomic E-state index is 0.598. The molecule has 1 N–H and O–H groups in total. The standard InChI is InChI=1S/C15H22N2S2/c1-4-6-11(7-5-2)16-12-8-9-13-14(10-12)19-15(17-13)18-3/h8-11,16H,4-7H2,1-3H3. The minimum Gasteiger partial charge on any atom is -0.382 e. The van der Waals surface area contributed by atoms with E-state index in [1.165, 1.54) is 36.1 Å². The molecule has 2 aromatic rings. The Labute approximate surface area is 124 Å². The molecule has 1 aromatic heterocycles. The van der Waals surface area contributed by atoms with Crippen molar-refractivity contribution in [2.45, 2.75) is 49.9 Å². The van der Waals surface area contributed by atoms with Crippen LogP contribution in [0.4, 0.5) is 5.69 Å². The van der Waals surface area contributed by atoms with Crippen LogP contribution in [0.3, 0.4) is 0 Å². The van der Waals surface area contributed by atoms with Crippen LogP contribution in [-0.4, -0.2) is 17.3 Å². The first-order chi connectivity index (χ1) is 9.26. The van der Waals surface area contributed by atoms with Gasteiger partial charge < -0.3 is 5.32 Å². The van der Waals surface area contributed by atoms with E-state index < -0.39 is 0 Å². The predicted molar refractivity (Wildman–Crippen MR) is 88.6 cm³/mol. The van der Waals surface area contributed by atoms with Gasteiger partial charge in [-0.2, -0.15) is 0 Å². The molecule has 1 heterocycles. The maximum absolute atomic E-state index is 4.58. The Hall–Kier alpha value is -0.740. The maximum atomic E-state index is 4.58. The summed E-state index contributed by atoms with van der Waals surface area (Å²) in [5.41, 5.74) is 2.35. The summed E-state index contributed by atoms with van der Waals surface area (Å²) in [6.07, 6.45) is 7.03. The molecule has 2 nitrogen and oxygen atoms in total. The van der Waals surface area contributed by atoms with Crippen molar-refractivity contribution < 1.29 is 0 Å².